The zero-order valence-corrected chi connectivity index (χ0v) is 17.5. The van der Waals surface area contributed by atoms with Gasteiger partial charge in [-0.2, -0.15) is 11.8 Å². The molecular formula is C19H23ClN6OS. The number of aromatic nitrogens is 5. The Labute approximate surface area is 173 Å². The van der Waals surface area contributed by atoms with Gasteiger partial charge in [-0.15, -0.1) is 5.10 Å². The summed E-state index contributed by atoms with van der Waals surface area (Å²) in [5.41, 5.74) is 1.88. The molecule has 2 heterocycles. The molecule has 0 aliphatic carbocycles. The Morgan fingerprint density at radius 3 is 2.86 bits per heavy atom. The first kappa shape index (κ1) is 20.6. The summed E-state index contributed by atoms with van der Waals surface area (Å²) in [5.74, 6) is 2.51. The molecule has 1 N–H and O–H groups in total. The normalized spacial score (nSPS) is 12.1. The average Bonchev–Trinajstić information content (AvgIpc) is 3.16. The molecule has 9 heteroatoms. The Morgan fingerprint density at radius 2 is 2.07 bits per heavy atom. The molecule has 0 aliphatic heterocycles. The molecule has 28 heavy (non-hydrogen) atoms. The summed E-state index contributed by atoms with van der Waals surface area (Å²) in [7, 11) is 0. The molecule has 0 bridgehead atoms. The van der Waals surface area contributed by atoms with Crippen LogP contribution in [0.15, 0.2) is 42.5 Å². The van der Waals surface area contributed by atoms with Crippen molar-refractivity contribution in [1.82, 2.24) is 30.5 Å². The summed E-state index contributed by atoms with van der Waals surface area (Å²) < 4.78 is 7.69. The summed E-state index contributed by atoms with van der Waals surface area (Å²) in [6, 6.07) is 13.2. The maximum Gasteiger partial charge on any atom is 0.174 e. The van der Waals surface area contributed by atoms with E-state index in [0.29, 0.717) is 24.1 Å². The van der Waals surface area contributed by atoms with Gasteiger partial charge in [-0.05, 0) is 47.4 Å². The van der Waals surface area contributed by atoms with Crippen LogP contribution in [-0.4, -0.2) is 50.4 Å². The predicted molar refractivity (Wildman–Crippen MR) is 112 cm³/mol. The number of thioether (sulfide) groups is 1. The predicted octanol–water partition coefficient (Wildman–Crippen LogP) is 3.15. The van der Waals surface area contributed by atoms with Crippen LogP contribution in [-0.2, 0) is 6.54 Å². The van der Waals surface area contributed by atoms with Crippen molar-refractivity contribution in [1.29, 1.82) is 0 Å². The zero-order valence-electron chi connectivity index (χ0n) is 15.9. The Balaban J connectivity index is 1.72. The van der Waals surface area contributed by atoms with Crippen LogP contribution in [0, 0.1) is 6.92 Å². The SMILES string of the molecule is CSCCn1nnnc1C(NCCOc1ccccc1C)c1cccc(Cl)n1. The third-order valence-electron chi connectivity index (χ3n) is 4.16. The van der Waals surface area contributed by atoms with Crippen LogP contribution in [0.5, 0.6) is 5.75 Å². The second kappa shape index (κ2) is 10.4. The van der Waals surface area contributed by atoms with E-state index in [4.69, 9.17) is 16.3 Å². The molecule has 0 fully saturated rings. The number of para-hydroxylation sites is 1. The van der Waals surface area contributed by atoms with Gasteiger partial charge in [0.25, 0.3) is 0 Å². The molecule has 0 saturated heterocycles. The van der Waals surface area contributed by atoms with Gasteiger partial charge in [0.05, 0.1) is 12.2 Å². The van der Waals surface area contributed by atoms with E-state index in [1.165, 1.54) is 0 Å². The fourth-order valence-electron chi connectivity index (χ4n) is 2.75. The molecule has 0 radical (unpaired) electrons. The molecule has 0 spiro atoms. The van der Waals surface area contributed by atoms with E-state index < -0.39 is 0 Å². The molecular weight excluding hydrogens is 396 g/mol. The standard InChI is InChI=1S/C19H23ClN6OS/c1-14-6-3-4-8-16(14)27-12-10-21-18(15-7-5-9-17(20)22-15)19-23-24-25-26(19)11-13-28-2/h3-9,18,21H,10-13H2,1-2H3. The number of hydrogen-bond acceptors (Lipinski definition) is 7. The third kappa shape index (κ3) is 5.43. The molecule has 0 amide bonds. The number of nitrogens with zero attached hydrogens (tertiary/aromatic N) is 5. The number of hydrogen-bond donors (Lipinski definition) is 1. The van der Waals surface area contributed by atoms with E-state index >= 15 is 0 Å². The van der Waals surface area contributed by atoms with E-state index in [0.717, 1.165) is 29.3 Å². The summed E-state index contributed by atoms with van der Waals surface area (Å²) in [6.07, 6.45) is 2.06. The molecule has 3 aromatic rings. The van der Waals surface area contributed by atoms with E-state index in [1.54, 1.807) is 22.5 Å². The second-order valence-electron chi connectivity index (χ2n) is 6.14. The number of ether oxygens (including phenoxy) is 1. The monoisotopic (exact) mass is 418 g/mol. The summed E-state index contributed by atoms with van der Waals surface area (Å²) >= 11 is 7.85. The van der Waals surface area contributed by atoms with Crippen LogP contribution in [0.2, 0.25) is 5.15 Å². The van der Waals surface area contributed by atoms with Crippen molar-refractivity contribution in [3.8, 4) is 5.75 Å². The number of benzene rings is 1. The third-order valence-corrected chi connectivity index (χ3v) is 4.96. The van der Waals surface area contributed by atoms with Crippen LogP contribution in [0.3, 0.4) is 0 Å². The van der Waals surface area contributed by atoms with Crippen molar-refractivity contribution >= 4 is 23.4 Å². The van der Waals surface area contributed by atoms with Gasteiger partial charge in [0.15, 0.2) is 5.82 Å². The van der Waals surface area contributed by atoms with E-state index in [2.05, 4.69) is 32.1 Å². The van der Waals surface area contributed by atoms with Crippen molar-refractivity contribution in [2.24, 2.45) is 0 Å². The van der Waals surface area contributed by atoms with Gasteiger partial charge in [0.2, 0.25) is 0 Å². The van der Waals surface area contributed by atoms with Crippen molar-refractivity contribution < 1.29 is 4.74 Å². The van der Waals surface area contributed by atoms with Gasteiger partial charge in [0.1, 0.15) is 23.6 Å². The van der Waals surface area contributed by atoms with Crippen LogP contribution < -0.4 is 10.1 Å². The first-order valence-corrected chi connectivity index (χ1v) is 10.8. The minimum atomic E-state index is -0.281. The molecule has 1 atom stereocenters. The minimum absolute atomic E-state index is 0.281. The van der Waals surface area contributed by atoms with Crippen molar-refractivity contribution in [3.05, 3.63) is 64.7 Å². The summed E-state index contributed by atoms with van der Waals surface area (Å²) in [4.78, 5) is 4.45. The molecule has 7 nitrogen and oxygen atoms in total. The Hall–Kier alpha value is -2.16. The van der Waals surface area contributed by atoms with Crippen LogP contribution in [0.25, 0.3) is 0 Å². The maximum atomic E-state index is 6.11. The lowest BCUT2D eigenvalue weighted by Crippen LogP contribution is -2.30. The van der Waals surface area contributed by atoms with Gasteiger partial charge < -0.3 is 4.74 Å². The molecule has 0 saturated carbocycles. The number of rotatable bonds is 10. The summed E-state index contributed by atoms with van der Waals surface area (Å²) in [6.45, 7) is 3.86. The lowest BCUT2D eigenvalue weighted by Gasteiger charge is -2.18. The highest BCUT2D eigenvalue weighted by atomic mass is 35.5. The van der Waals surface area contributed by atoms with Gasteiger partial charge in [0, 0.05) is 12.3 Å². The average molecular weight is 419 g/mol. The van der Waals surface area contributed by atoms with E-state index in [9.17, 15) is 0 Å². The van der Waals surface area contributed by atoms with Crippen molar-refractivity contribution in [3.63, 3.8) is 0 Å². The lowest BCUT2D eigenvalue weighted by molar-refractivity contribution is 0.305. The molecule has 1 aromatic carbocycles. The van der Waals surface area contributed by atoms with Crippen LogP contribution >= 0.6 is 23.4 Å². The van der Waals surface area contributed by atoms with Gasteiger partial charge in [-0.25, -0.2) is 9.67 Å². The van der Waals surface area contributed by atoms with Crippen LogP contribution in [0.1, 0.15) is 23.1 Å². The molecule has 148 valence electrons. The highest BCUT2D eigenvalue weighted by molar-refractivity contribution is 7.98. The summed E-state index contributed by atoms with van der Waals surface area (Å²) in [5, 5.41) is 16.1. The van der Waals surface area contributed by atoms with Crippen molar-refractivity contribution in [2.75, 3.05) is 25.2 Å². The molecule has 3 rings (SSSR count). The maximum absolute atomic E-state index is 6.11. The van der Waals surface area contributed by atoms with Gasteiger partial charge in [-0.1, -0.05) is 35.9 Å². The largest absolute Gasteiger partial charge is 0.492 e. The first-order valence-electron chi connectivity index (χ1n) is 8.98. The highest BCUT2D eigenvalue weighted by Gasteiger charge is 2.22. The number of nitrogens with one attached hydrogen (secondary N) is 1. The van der Waals surface area contributed by atoms with Gasteiger partial charge in [-0.3, -0.25) is 5.32 Å². The van der Waals surface area contributed by atoms with Crippen LogP contribution in [0.4, 0.5) is 0 Å². The first-order chi connectivity index (χ1) is 13.7. The quantitative estimate of drug-likeness (QED) is 0.400. The fourth-order valence-corrected chi connectivity index (χ4v) is 3.28. The number of aryl methyl sites for hydroxylation is 2. The zero-order chi connectivity index (χ0) is 19.8. The minimum Gasteiger partial charge on any atom is -0.492 e. The number of halogens is 1. The highest BCUT2D eigenvalue weighted by Crippen LogP contribution is 2.20. The molecule has 2 aromatic heterocycles. The Morgan fingerprint density at radius 1 is 1.21 bits per heavy atom. The molecule has 0 aliphatic rings. The molecule has 1 unspecified atom stereocenters. The second-order valence-corrected chi connectivity index (χ2v) is 7.51. The van der Waals surface area contributed by atoms with Crippen molar-refractivity contribution in [2.45, 2.75) is 19.5 Å². The topological polar surface area (TPSA) is 77.8 Å². The number of pyridine rings is 1. The number of tetrazole rings is 1. The Kier molecular flexibility index (Phi) is 7.64. The van der Waals surface area contributed by atoms with E-state index in [-0.39, 0.29) is 6.04 Å². The fraction of sp³-hybridized carbons (Fsp3) is 0.368. The van der Waals surface area contributed by atoms with Gasteiger partial charge >= 0.3 is 0 Å². The van der Waals surface area contributed by atoms with E-state index in [1.807, 2.05) is 43.3 Å². The lowest BCUT2D eigenvalue weighted by atomic mass is 10.1. The smallest absolute Gasteiger partial charge is 0.174 e. The Bertz CT molecular complexity index is 890.